The highest BCUT2D eigenvalue weighted by atomic mass is 15.2. The van der Waals surface area contributed by atoms with Gasteiger partial charge in [-0.1, -0.05) is 12.8 Å². The molecule has 0 atom stereocenters. The van der Waals surface area contributed by atoms with Gasteiger partial charge < -0.3 is 9.80 Å². The summed E-state index contributed by atoms with van der Waals surface area (Å²) in [5.74, 6) is 1.68. The Balaban J connectivity index is 1.53. The van der Waals surface area contributed by atoms with Crippen molar-refractivity contribution in [2.45, 2.75) is 38.5 Å². The number of nitriles is 1. The summed E-state index contributed by atoms with van der Waals surface area (Å²) in [6.45, 7) is 5.91. The van der Waals surface area contributed by atoms with Gasteiger partial charge in [0.05, 0.1) is 5.56 Å². The van der Waals surface area contributed by atoms with Crippen LogP contribution in [0.2, 0.25) is 0 Å². The smallest absolute Gasteiger partial charge is 0.146 e. The predicted octanol–water partition coefficient (Wildman–Crippen LogP) is 3.05. The second kappa shape index (κ2) is 7.60. The van der Waals surface area contributed by atoms with Crippen LogP contribution in [0.1, 0.15) is 44.1 Å². The van der Waals surface area contributed by atoms with Crippen LogP contribution >= 0.6 is 0 Å². The van der Waals surface area contributed by atoms with Crippen molar-refractivity contribution in [3.05, 3.63) is 23.9 Å². The third kappa shape index (κ3) is 3.78. The molecule has 0 aromatic carbocycles. The molecule has 0 saturated carbocycles. The van der Waals surface area contributed by atoms with Gasteiger partial charge in [-0.3, -0.25) is 0 Å². The van der Waals surface area contributed by atoms with E-state index >= 15 is 0 Å². The van der Waals surface area contributed by atoms with Gasteiger partial charge in [0.2, 0.25) is 0 Å². The largest absolute Gasteiger partial charge is 0.356 e. The third-order valence-electron chi connectivity index (χ3n) is 5.04. The third-order valence-corrected chi connectivity index (χ3v) is 5.04. The molecule has 0 bridgehead atoms. The Morgan fingerprint density at radius 1 is 1.09 bits per heavy atom. The molecule has 118 valence electrons. The van der Waals surface area contributed by atoms with E-state index in [0.29, 0.717) is 5.56 Å². The predicted molar refractivity (Wildman–Crippen MR) is 88.8 cm³/mol. The van der Waals surface area contributed by atoms with Gasteiger partial charge in [0.25, 0.3) is 0 Å². The Hall–Kier alpha value is -1.60. The number of aromatic nitrogens is 1. The first-order valence-electron chi connectivity index (χ1n) is 8.69. The van der Waals surface area contributed by atoms with Crippen molar-refractivity contribution in [2.75, 3.05) is 37.6 Å². The Morgan fingerprint density at radius 3 is 2.50 bits per heavy atom. The second-order valence-electron chi connectivity index (χ2n) is 6.63. The van der Waals surface area contributed by atoms with E-state index in [-0.39, 0.29) is 0 Å². The topological polar surface area (TPSA) is 43.2 Å². The van der Waals surface area contributed by atoms with Gasteiger partial charge in [-0.15, -0.1) is 0 Å². The number of hydrogen-bond donors (Lipinski definition) is 0. The standard InChI is InChI=1S/C18H26N4/c19-14-17-6-5-9-20-18(17)22-12-7-16(8-13-22)15-21-10-3-1-2-4-11-21/h5-6,9,16H,1-4,7-8,10-13,15H2. The molecule has 0 amide bonds. The minimum atomic E-state index is 0.702. The van der Waals surface area contributed by atoms with Gasteiger partial charge >= 0.3 is 0 Å². The molecule has 3 heterocycles. The molecule has 2 aliphatic heterocycles. The molecule has 2 fully saturated rings. The molecule has 4 heteroatoms. The zero-order valence-corrected chi connectivity index (χ0v) is 13.4. The van der Waals surface area contributed by atoms with Crippen LogP contribution in [0.5, 0.6) is 0 Å². The quantitative estimate of drug-likeness (QED) is 0.860. The Bertz CT molecular complexity index is 506. The molecule has 0 spiro atoms. The lowest BCUT2D eigenvalue weighted by Crippen LogP contribution is -2.39. The van der Waals surface area contributed by atoms with Gasteiger partial charge in [0.1, 0.15) is 11.9 Å². The number of anilines is 1. The molecule has 0 aliphatic carbocycles. The van der Waals surface area contributed by atoms with Crippen LogP contribution in [0.25, 0.3) is 0 Å². The van der Waals surface area contributed by atoms with Crippen LogP contribution in [-0.2, 0) is 0 Å². The minimum absolute atomic E-state index is 0.702. The summed E-state index contributed by atoms with van der Waals surface area (Å²) < 4.78 is 0. The first-order chi connectivity index (χ1) is 10.9. The molecule has 0 N–H and O–H groups in total. The van der Waals surface area contributed by atoms with E-state index in [2.05, 4.69) is 20.9 Å². The molecule has 4 nitrogen and oxygen atoms in total. The van der Waals surface area contributed by atoms with Gasteiger partial charge in [-0.2, -0.15) is 5.26 Å². The highest BCUT2D eigenvalue weighted by Crippen LogP contribution is 2.25. The number of hydrogen-bond acceptors (Lipinski definition) is 4. The van der Waals surface area contributed by atoms with Crippen LogP contribution in [0.4, 0.5) is 5.82 Å². The molecular formula is C18H26N4. The molecule has 1 aromatic heterocycles. The van der Waals surface area contributed by atoms with Crippen molar-refractivity contribution in [3.8, 4) is 6.07 Å². The van der Waals surface area contributed by atoms with Crippen molar-refractivity contribution in [1.29, 1.82) is 5.26 Å². The van der Waals surface area contributed by atoms with Crippen molar-refractivity contribution in [1.82, 2.24) is 9.88 Å². The normalized spacial score (nSPS) is 21.3. The minimum Gasteiger partial charge on any atom is -0.356 e. The fourth-order valence-electron chi connectivity index (χ4n) is 3.75. The highest BCUT2D eigenvalue weighted by Gasteiger charge is 2.23. The van der Waals surface area contributed by atoms with Gasteiger partial charge in [0.15, 0.2) is 0 Å². The fraction of sp³-hybridized carbons (Fsp3) is 0.667. The lowest BCUT2D eigenvalue weighted by atomic mass is 9.95. The van der Waals surface area contributed by atoms with E-state index in [9.17, 15) is 5.26 Å². The Kier molecular flexibility index (Phi) is 5.29. The monoisotopic (exact) mass is 298 g/mol. The summed E-state index contributed by atoms with van der Waals surface area (Å²) in [5, 5.41) is 9.22. The summed E-state index contributed by atoms with van der Waals surface area (Å²) in [6.07, 6.45) is 9.79. The summed E-state index contributed by atoms with van der Waals surface area (Å²) in [6, 6.07) is 5.97. The van der Waals surface area contributed by atoms with Crippen molar-refractivity contribution in [2.24, 2.45) is 5.92 Å². The van der Waals surface area contributed by atoms with E-state index < -0.39 is 0 Å². The number of nitrogens with zero attached hydrogens (tertiary/aromatic N) is 4. The maximum atomic E-state index is 9.22. The van der Waals surface area contributed by atoms with Crippen LogP contribution in [0.3, 0.4) is 0 Å². The Labute approximate surface area is 133 Å². The number of rotatable bonds is 3. The van der Waals surface area contributed by atoms with Crippen LogP contribution in [0.15, 0.2) is 18.3 Å². The van der Waals surface area contributed by atoms with Crippen molar-refractivity contribution < 1.29 is 0 Å². The van der Waals surface area contributed by atoms with E-state index in [0.717, 1.165) is 24.8 Å². The molecule has 0 unspecified atom stereocenters. The summed E-state index contributed by atoms with van der Waals surface area (Å²) >= 11 is 0. The zero-order valence-electron chi connectivity index (χ0n) is 13.4. The van der Waals surface area contributed by atoms with E-state index in [1.54, 1.807) is 6.20 Å². The van der Waals surface area contributed by atoms with E-state index in [1.165, 1.54) is 58.2 Å². The van der Waals surface area contributed by atoms with E-state index in [1.807, 2.05) is 12.1 Å². The van der Waals surface area contributed by atoms with Crippen molar-refractivity contribution >= 4 is 5.82 Å². The van der Waals surface area contributed by atoms with Crippen LogP contribution in [0, 0.1) is 17.2 Å². The second-order valence-corrected chi connectivity index (χ2v) is 6.63. The highest BCUT2D eigenvalue weighted by molar-refractivity contribution is 5.53. The number of piperidine rings is 1. The first-order valence-corrected chi connectivity index (χ1v) is 8.69. The average molecular weight is 298 g/mol. The molecule has 1 aromatic rings. The average Bonchev–Trinajstić information content (AvgIpc) is 2.84. The first kappa shape index (κ1) is 15.3. The van der Waals surface area contributed by atoms with Crippen LogP contribution < -0.4 is 4.90 Å². The lowest BCUT2D eigenvalue weighted by molar-refractivity contribution is 0.217. The fourth-order valence-corrected chi connectivity index (χ4v) is 3.75. The van der Waals surface area contributed by atoms with E-state index in [4.69, 9.17) is 0 Å². The lowest BCUT2D eigenvalue weighted by Gasteiger charge is -2.35. The van der Waals surface area contributed by atoms with Gasteiger partial charge in [-0.25, -0.2) is 4.98 Å². The van der Waals surface area contributed by atoms with Crippen molar-refractivity contribution in [3.63, 3.8) is 0 Å². The van der Waals surface area contributed by atoms with Gasteiger partial charge in [0, 0.05) is 25.8 Å². The number of likely N-dealkylation sites (tertiary alicyclic amines) is 1. The summed E-state index contributed by atoms with van der Waals surface area (Å²) in [4.78, 5) is 9.38. The zero-order chi connectivity index (χ0) is 15.2. The Morgan fingerprint density at radius 2 is 1.82 bits per heavy atom. The molecule has 2 aliphatic rings. The molecule has 2 saturated heterocycles. The maximum Gasteiger partial charge on any atom is 0.146 e. The molecule has 3 rings (SSSR count). The number of pyridine rings is 1. The van der Waals surface area contributed by atoms with Crippen LogP contribution in [-0.4, -0.2) is 42.6 Å². The molecule has 0 radical (unpaired) electrons. The van der Waals surface area contributed by atoms with Gasteiger partial charge in [-0.05, 0) is 56.8 Å². The molecule has 22 heavy (non-hydrogen) atoms. The summed E-state index contributed by atoms with van der Waals surface area (Å²) in [5.41, 5.74) is 0.702. The molecular weight excluding hydrogens is 272 g/mol. The maximum absolute atomic E-state index is 9.22. The SMILES string of the molecule is N#Cc1cccnc1N1CCC(CN2CCCCCC2)CC1. The summed E-state index contributed by atoms with van der Waals surface area (Å²) in [7, 11) is 0.